The van der Waals surface area contributed by atoms with Gasteiger partial charge in [-0.25, -0.2) is 4.98 Å². The number of anilines is 2. The Morgan fingerprint density at radius 1 is 1.21 bits per heavy atom. The number of nitro groups is 1. The van der Waals surface area contributed by atoms with Gasteiger partial charge in [-0.1, -0.05) is 6.92 Å². The van der Waals surface area contributed by atoms with Crippen LogP contribution in [0, 0.1) is 10.1 Å². The fourth-order valence-corrected chi connectivity index (χ4v) is 1.87. The smallest absolute Gasteiger partial charge is 0.269 e. The fraction of sp³-hybridized carbons (Fsp3) is 0.167. The summed E-state index contributed by atoms with van der Waals surface area (Å²) in [5.74, 6) is 0.401. The zero-order valence-electron chi connectivity index (χ0n) is 10.3. The van der Waals surface area contributed by atoms with Crippen molar-refractivity contribution < 1.29 is 4.92 Å². The number of rotatable bonds is 3. The summed E-state index contributed by atoms with van der Waals surface area (Å²) in [6.45, 7) is 1.93. The Labute approximate surface area is 109 Å². The molecule has 0 bridgehead atoms. The van der Waals surface area contributed by atoms with Crippen molar-refractivity contribution in [2.45, 2.75) is 13.3 Å². The number of non-ortho nitro benzene ring substituents is 1. The van der Waals surface area contributed by atoms with Gasteiger partial charge in [0.25, 0.3) is 5.69 Å². The van der Waals surface area contributed by atoms with Gasteiger partial charge in [-0.15, -0.1) is 0 Å². The van der Waals surface area contributed by atoms with Gasteiger partial charge >= 0.3 is 0 Å². The Morgan fingerprint density at radius 2 is 1.84 bits per heavy atom. The third-order valence-electron chi connectivity index (χ3n) is 2.73. The predicted molar refractivity (Wildman–Crippen MR) is 72.3 cm³/mol. The van der Waals surface area contributed by atoms with Crippen LogP contribution in [0.5, 0.6) is 0 Å². The molecular weight excluding hydrogens is 246 g/mol. The summed E-state index contributed by atoms with van der Waals surface area (Å²) in [5.41, 5.74) is 13.6. The van der Waals surface area contributed by atoms with E-state index in [4.69, 9.17) is 11.5 Å². The molecule has 0 unspecified atom stereocenters. The SMILES string of the molecule is CCc1nc(N)nc(N)c1-c1ccc([N+](=O)[O-])cc1. The molecule has 1 heterocycles. The first-order valence-corrected chi connectivity index (χ1v) is 5.69. The van der Waals surface area contributed by atoms with Crippen LogP contribution in [-0.4, -0.2) is 14.9 Å². The van der Waals surface area contributed by atoms with Crippen LogP contribution in [0.2, 0.25) is 0 Å². The predicted octanol–water partition coefficient (Wildman–Crippen LogP) is 1.78. The van der Waals surface area contributed by atoms with Crippen molar-refractivity contribution in [3.63, 3.8) is 0 Å². The topological polar surface area (TPSA) is 121 Å². The zero-order chi connectivity index (χ0) is 14.0. The highest BCUT2D eigenvalue weighted by Gasteiger charge is 2.13. The minimum Gasteiger partial charge on any atom is -0.383 e. The molecule has 0 aliphatic heterocycles. The average Bonchev–Trinajstić information content (AvgIpc) is 2.38. The van der Waals surface area contributed by atoms with Crippen molar-refractivity contribution in [1.82, 2.24) is 9.97 Å². The Morgan fingerprint density at radius 3 is 2.37 bits per heavy atom. The number of hydrogen-bond donors (Lipinski definition) is 2. The molecule has 7 nitrogen and oxygen atoms in total. The quantitative estimate of drug-likeness (QED) is 0.640. The summed E-state index contributed by atoms with van der Waals surface area (Å²) >= 11 is 0. The van der Waals surface area contributed by atoms with E-state index in [1.165, 1.54) is 12.1 Å². The standard InChI is InChI=1S/C12H13N5O2/c1-2-9-10(11(13)16-12(14)15-9)7-3-5-8(6-4-7)17(18)19/h3-6H,2H2,1H3,(H4,13,14,15,16). The Hall–Kier alpha value is -2.70. The lowest BCUT2D eigenvalue weighted by Gasteiger charge is -2.10. The van der Waals surface area contributed by atoms with Crippen molar-refractivity contribution in [3.05, 3.63) is 40.1 Å². The number of nitro benzene ring substituents is 1. The molecule has 0 saturated heterocycles. The van der Waals surface area contributed by atoms with Crippen LogP contribution >= 0.6 is 0 Å². The minimum absolute atomic E-state index is 0.0248. The summed E-state index contributed by atoms with van der Waals surface area (Å²) in [6, 6.07) is 6.10. The number of benzene rings is 1. The number of aromatic nitrogens is 2. The summed E-state index contributed by atoms with van der Waals surface area (Å²) < 4.78 is 0. The zero-order valence-corrected chi connectivity index (χ0v) is 10.3. The van der Waals surface area contributed by atoms with Crippen molar-refractivity contribution >= 4 is 17.5 Å². The maximum Gasteiger partial charge on any atom is 0.269 e. The fourth-order valence-electron chi connectivity index (χ4n) is 1.87. The Bertz CT molecular complexity index is 625. The van der Waals surface area contributed by atoms with Crippen LogP contribution < -0.4 is 11.5 Å². The molecule has 0 atom stereocenters. The van der Waals surface area contributed by atoms with Crippen LogP contribution in [0.15, 0.2) is 24.3 Å². The molecule has 1 aromatic carbocycles. The lowest BCUT2D eigenvalue weighted by Crippen LogP contribution is -2.06. The van der Waals surface area contributed by atoms with E-state index in [9.17, 15) is 10.1 Å². The number of aryl methyl sites for hydroxylation is 1. The van der Waals surface area contributed by atoms with Crippen molar-refractivity contribution in [2.24, 2.45) is 0 Å². The summed E-state index contributed by atoms with van der Waals surface area (Å²) in [6.07, 6.45) is 0.642. The van der Waals surface area contributed by atoms with Gasteiger partial charge in [-0.3, -0.25) is 10.1 Å². The number of nitrogens with two attached hydrogens (primary N) is 2. The average molecular weight is 259 g/mol. The molecule has 0 saturated carbocycles. The molecule has 2 rings (SSSR count). The van der Waals surface area contributed by atoms with Crippen LogP contribution in [-0.2, 0) is 6.42 Å². The lowest BCUT2D eigenvalue weighted by molar-refractivity contribution is -0.384. The molecule has 0 aliphatic rings. The van der Waals surface area contributed by atoms with Crippen LogP contribution in [0.4, 0.5) is 17.5 Å². The Kier molecular flexibility index (Phi) is 3.28. The van der Waals surface area contributed by atoms with Gasteiger partial charge in [-0.05, 0) is 24.1 Å². The first kappa shape index (κ1) is 12.7. The first-order valence-electron chi connectivity index (χ1n) is 5.69. The second kappa shape index (κ2) is 4.89. The monoisotopic (exact) mass is 259 g/mol. The van der Waals surface area contributed by atoms with Gasteiger partial charge in [0, 0.05) is 17.7 Å². The number of hydrogen-bond acceptors (Lipinski definition) is 6. The molecule has 19 heavy (non-hydrogen) atoms. The van der Waals surface area contributed by atoms with Crippen molar-refractivity contribution in [2.75, 3.05) is 11.5 Å². The molecule has 0 amide bonds. The summed E-state index contributed by atoms with van der Waals surface area (Å²) in [4.78, 5) is 18.2. The molecular formula is C12H13N5O2. The van der Waals surface area contributed by atoms with Gasteiger partial charge in [0.1, 0.15) is 5.82 Å². The summed E-state index contributed by atoms with van der Waals surface area (Å²) in [5, 5.41) is 10.6. The third kappa shape index (κ3) is 2.44. The number of nitrogens with zero attached hydrogens (tertiary/aromatic N) is 3. The van der Waals surface area contributed by atoms with E-state index in [2.05, 4.69) is 9.97 Å². The van der Waals surface area contributed by atoms with E-state index in [1.54, 1.807) is 12.1 Å². The highest BCUT2D eigenvalue weighted by atomic mass is 16.6. The van der Waals surface area contributed by atoms with Gasteiger partial charge in [0.15, 0.2) is 0 Å². The second-order valence-corrected chi connectivity index (χ2v) is 3.95. The van der Waals surface area contributed by atoms with E-state index in [-0.39, 0.29) is 17.5 Å². The van der Waals surface area contributed by atoms with Gasteiger partial charge in [0.2, 0.25) is 5.95 Å². The normalized spacial score (nSPS) is 10.4. The molecule has 2 aromatic rings. The maximum absolute atomic E-state index is 10.6. The highest BCUT2D eigenvalue weighted by Crippen LogP contribution is 2.29. The van der Waals surface area contributed by atoms with E-state index < -0.39 is 4.92 Å². The van der Waals surface area contributed by atoms with Gasteiger partial charge < -0.3 is 11.5 Å². The molecule has 1 aromatic heterocycles. The van der Waals surface area contributed by atoms with Crippen LogP contribution in [0.25, 0.3) is 11.1 Å². The third-order valence-corrected chi connectivity index (χ3v) is 2.73. The largest absolute Gasteiger partial charge is 0.383 e. The molecule has 4 N–H and O–H groups in total. The highest BCUT2D eigenvalue weighted by molar-refractivity contribution is 5.77. The molecule has 7 heteroatoms. The first-order chi connectivity index (χ1) is 9.02. The van der Waals surface area contributed by atoms with E-state index in [1.807, 2.05) is 6.92 Å². The number of nitrogen functional groups attached to an aromatic ring is 2. The minimum atomic E-state index is -0.451. The Balaban J connectivity index is 2.55. The lowest BCUT2D eigenvalue weighted by atomic mass is 10.0. The second-order valence-electron chi connectivity index (χ2n) is 3.95. The molecule has 0 radical (unpaired) electrons. The van der Waals surface area contributed by atoms with Gasteiger partial charge in [0.05, 0.1) is 10.6 Å². The molecule has 0 spiro atoms. The van der Waals surface area contributed by atoms with Crippen LogP contribution in [0.3, 0.4) is 0 Å². The van der Waals surface area contributed by atoms with E-state index in [0.717, 1.165) is 11.3 Å². The van der Waals surface area contributed by atoms with Crippen LogP contribution in [0.1, 0.15) is 12.6 Å². The van der Waals surface area contributed by atoms with E-state index in [0.29, 0.717) is 12.0 Å². The maximum atomic E-state index is 10.6. The molecule has 0 aliphatic carbocycles. The summed E-state index contributed by atoms with van der Waals surface area (Å²) in [7, 11) is 0. The van der Waals surface area contributed by atoms with Crippen molar-refractivity contribution in [3.8, 4) is 11.1 Å². The van der Waals surface area contributed by atoms with Crippen molar-refractivity contribution in [1.29, 1.82) is 0 Å². The van der Waals surface area contributed by atoms with E-state index >= 15 is 0 Å². The van der Waals surface area contributed by atoms with Gasteiger partial charge in [-0.2, -0.15) is 4.98 Å². The molecule has 0 fully saturated rings. The molecule has 98 valence electrons.